The first-order chi connectivity index (χ1) is 16.2. The first-order valence-corrected chi connectivity index (χ1v) is 11.9. The second-order valence-electron chi connectivity index (χ2n) is 9.02. The molecule has 2 aromatic heterocycles. The third-order valence-corrected chi connectivity index (χ3v) is 6.69. The van der Waals surface area contributed by atoms with Crippen LogP contribution in [0.5, 0.6) is 0 Å². The van der Waals surface area contributed by atoms with Crippen molar-refractivity contribution in [2.75, 3.05) is 50.7 Å². The van der Waals surface area contributed by atoms with E-state index in [0.717, 1.165) is 70.0 Å². The maximum Gasteiger partial charge on any atom is 0.276 e. The van der Waals surface area contributed by atoms with Crippen molar-refractivity contribution in [3.8, 4) is 11.5 Å². The molecule has 2 saturated heterocycles. The van der Waals surface area contributed by atoms with Crippen LogP contribution in [0.3, 0.4) is 0 Å². The van der Waals surface area contributed by atoms with Gasteiger partial charge in [-0.25, -0.2) is 9.97 Å². The minimum absolute atomic E-state index is 0.0110. The number of benzene rings is 1. The number of hydrogen-bond donors (Lipinski definition) is 0. The summed E-state index contributed by atoms with van der Waals surface area (Å²) in [5, 5.41) is 0. The van der Waals surface area contributed by atoms with Crippen LogP contribution in [0.1, 0.15) is 29.1 Å². The maximum atomic E-state index is 13.3. The predicted molar refractivity (Wildman–Crippen MR) is 128 cm³/mol. The highest BCUT2D eigenvalue weighted by Gasteiger charge is 2.30. The zero-order valence-electron chi connectivity index (χ0n) is 19.2. The van der Waals surface area contributed by atoms with Gasteiger partial charge in [0.05, 0.1) is 0 Å². The van der Waals surface area contributed by atoms with Crippen LogP contribution in [0.4, 0.5) is 5.82 Å². The highest BCUT2D eigenvalue weighted by atomic mass is 16.4. The fourth-order valence-corrected chi connectivity index (χ4v) is 4.91. The van der Waals surface area contributed by atoms with Crippen molar-refractivity contribution >= 4 is 11.7 Å². The van der Waals surface area contributed by atoms with Crippen molar-refractivity contribution in [2.45, 2.75) is 19.8 Å². The van der Waals surface area contributed by atoms with E-state index in [1.165, 1.54) is 0 Å². The van der Waals surface area contributed by atoms with E-state index in [4.69, 9.17) is 4.42 Å². The van der Waals surface area contributed by atoms with E-state index in [2.05, 4.69) is 25.8 Å². The Bertz CT molecular complexity index is 1060. The minimum Gasteiger partial charge on any atom is -0.441 e. The van der Waals surface area contributed by atoms with Crippen LogP contribution in [0, 0.1) is 12.8 Å². The Balaban J connectivity index is 1.18. The Kier molecular flexibility index (Phi) is 6.39. The van der Waals surface area contributed by atoms with E-state index in [9.17, 15) is 4.79 Å². The zero-order chi connectivity index (χ0) is 22.6. The molecule has 0 bridgehead atoms. The number of aryl methyl sites for hydroxylation is 1. The van der Waals surface area contributed by atoms with Crippen LogP contribution in [0.15, 0.2) is 59.1 Å². The Morgan fingerprint density at radius 3 is 2.58 bits per heavy atom. The number of aromatic nitrogens is 2. The molecular formula is C26H31N5O2. The van der Waals surface area contributed by atoms with Crippen LogP contribution in [0.25, 0.3) is 11.5 Å². The Morgan fingerprint density at radius 1 is 1.03 bits per heavy atom. The van der Waals surface area contributed by atoms with Gasteiger partial charge in [-0.15, -0.1) is 0 Å². The monoisotopic (exact) mass is 445 g/mol. The third-order valence-electron chi connectivity index (χ3n) is 6.69. The summed E-state index contributed by atoms with van der Waals surface area (Å²) in [7, 11) is 0. The summed E-state index contributed by atoms with van der Waals surface area (Å²) in [5.74, 6) is 2.64. The molecule has 7 nitrogen and oxygen atoms in total. The molecule has 1 aromatic carbocycles. The van der Waals surface area contributed by atoms with Crippen LogP contribution in [-0.4, -0.2) is 71.5 Å². The van der Waals surface area contributed by atoms with Gasteiger partial charge in [0, 0.05) is 57.6 Å². The molecule has 7 heteroatoms. The topological polar surface area (TPSA) is 65.7 Å². The van der Waals surface area contributed by atoms with E-state index in [0.29, 0.717) is 23.3 Å². The summed E-state index contributed by atoms with van der Waals surface area (Å²) in [6.07, 6.45) is 4.05. The molecule has 1 atom stereocenters. The van der Waals surface area contributed by atoms with Crippen molar-refractivity contribution in [2.24, 2.45) is 5.92 Å². The van der Waals surface area contributed by atoms with Gasteiger partial charge in [-0.1, -0.05) is 24.3 Å². The SMILES string of the molecule is Cc1oc(-c2ccccc2)nc1C(=O)N1CCCC(CN2CCN(c3ccccn3)CC2)C1. The normalized spacial score (nSPS) is 19.6. The molecular weight excluding hydrogens is 414 g/mol. The Hall–Kier alpha value is -3.19. The summed E-state index contributed by atoms with van der Waals surface area (Å²) in [6, 6.07) is 15.8. The lowest BCUT2D eigenvalue weighted by atomic mass is 9.96. The number of carbonyl (C=O) groups excluding carboxylic acids is 1. The van der Waals surface area contributed by atoms with Gasteiger partial charge in [0.15, 0.2) is 5.69 Å². The summed E-state index contributed by atoms with van der Waals surface area (Å²) in [4.78, 5) is 29.2. The molecule has 2 aliphatic heterocycles. The smallest absolute Gasteiger partial charge is 0.276 e. The van der Waals surface area contributed by atoms with E-state index in [1.807, 2.05) is 60.5 Å². The van der Waals surface area contributed by atoms with Gasteiger partial charge in [-0.2, -0.15) is 0 Å². The van der Waals surface area contributed by atoms with Gasteiger partial charge < -0.3 is 14.2 Å². The molecule has 0 radical (unpaired) electrons. The molecule has 0 N–H and O–H groups in total. The molecule has 2 fully saturated rings. The van der Waals surface area contributed by atoms with Crippen LogP contribution < -0.4 is 4.90 Å². The number of hydrogen-bond acceptors (Lipinski definition) is 6. The van der Waals surface area contributed by atoms with Crippen LogP contribution in [0.2, 0.25) is 0 Å². The van der Waals surface area contributed by atoms with Gasteiger partial charge in [0.2, 0.25) is 5.89 Å². The molecule has 33 heavy (non-hydrogen) atoms. The lowest BCUT2D eigenvalue weighted by Crippen LogP contribution is -2.50. The highest BCUT2D eigenvalue weighted by Crippen LogP contribution is 2.25. The lowest BCUT2D eigenvalue weighted by Gasteiger charge is -2.39. The van der Waals surface area contributed by atoms with Crippen molar-refractivity contribution < 1.29 is 9.21 Å². The number of oxazole rings is 1. The Labute approximate surface area is 195 Å². The molecule has 2 aliphatic rings. The number of nitrogens with zero attached hydrogens (tertiary/aromatic N) is 5. The number of anilines is 1. The van der Waals surface area contributed by atoms with Gasteiger partial charge in [0.1, 0.15) is 11.6 Å². The number of piperazine rings is 1. The average Bonchev–Trinajstić information content (AvgIpc) is 3.27. The average molecular weight is 446 g/mol. The summed E-state index contributed by atoms with van der Waals surface area (Å²) in [6.45, 7) is 8.48. The van der Waals surface area contributed by atoms with E-state index in [-0.39, 0.29) is 5.91 Å². The summed E-state index contributed by atoms with van der Waals surface area (Å²) >= 11 is 0. The van der Waals surface area contributed by atoms with Gasteiger partial charge >= 0.3 is 0 Å². The van der Waals surface area contributed by atoms with Crippen molar-refractivity contribution in [3.63, 3.8) is 0 Å². The molecule has 4 heterocycles. The fourth-order valence-electron chi connectivity index (χ4n) is 4.91. The third kappa shape index (κ3) is 4.93. The number of piperidine rings is 1. The summed E-state index contributed by atoms with van der Waals surface area (Å²) in [5.41, 5.74) is 1.33. The molecule has 1 unspecified atom stereocenters. The van der Waals surface area contributed by atoms with E-state index in [1.54, 1.807) is 0 Å². The molecule has 0 aliphatic carbocycles. The fraction of sp³-hybridized carbons (Fsp3) is 0.423. The van der Waals surface area contributed by atoms with Gasteiger partial charge in [-0.05, 0) is 49.9 Å². The maximum absolute atomic E-state index is 13.3. The first-order valence-electron chi connectivity index (χ1n) is 11.9. The van der Waals surface area contributed by atoms with Crippen LogP contribution >= 0.6 is 0 Å². The second-order valence-corrected chi connectivity index (χ2v) is 9.02. The zero-order valence-corrected chi connectivity index (χ0v) is 19.2. The number of pyridine rings is 1. The molecule has 172 valence electrons. The van der Waals surface area contributed by atoms with E-state index < -0.39 is 0 Å². The molecule has 0 spiro atoms. The second kappa shape index (κ2) is 9.75. The largest absolute Gasteiger partial charge is 0.441 e. The van der Waals surface area contributed by atoms with Crippen molar-refractivity contribution in [1.82, 2.24) is 19.8 Å². The number of carbonyl (C=O) groups is 1. The molecule has 0 saturated carbocycles. The standard InChI is InChI=1S/C26H31N5O2/c1-20-24(28-25(33-20)22-9-3-2-4-10-22)26(32)31-13-7-8-21(19-31)18-29-14-16-30(17-15-29)23-11-5-6-12-27-23/h2-6,9-12,21H,7-8,13-19H2,1H3. The number of rotatable bonds is 5. The lowest BCUT2D eigenvalue weighted by molar-refractivity contribution is 0.0630. The van der Waals surface area contributed by atoms with Gasteiger partial charge in [-0.3, -0.25) is 9.69 Å². The first kappa shape index (κ1) is 21.6. The number of likely N-dealkylation sites (tertiary alicyclic amines) is 1. The van der Waals surface area contributed by atoms with Gasteiger partial charge in [0.25, 0.3) is 5.91 Å². The van der Waals surface area contributed by atoms with Crippen molar-refractivity contribution in [1.29, 1.82) is 0 Å². The van der Waals surface area contributed by atoms with Crippen LogP contribution in [-0.2, 0) is 0 Å². The summed E-state index contributed by atoms with van der Waals surface area (Å²) < 4.78 is 5.83. The number of amides is 1. The molecule has 3 aromatic rings. The Morgan fingerprint density at radius 2 is 1.82 bits per heavy atom. The minimum atomic E-state index is -0.0110. The predicted octanol–water partition coefficient (Wildman–Crippen LogP) is 3.72. The highest BCUT2D eigenvalue weighted by molar-refractivity contribution is 5.93. The molecule has 5 rings (SSSR count). The quantitative estimate of drug-likeness (QED) is 0.596. The van der Waals surface area contributed by atoms with E-state index >= 15 is 0 Å². The van der Waals surface area contributed by atoms with Crippen molar-refractivity contribution in [3.05, 3.63) is 66.2 Å². The molecule has 1 amide bonds.